The maximum Gasteiger partial charge on any atom is 0.328 e. The number of oxazole rings is 1. The van der Waals surface area contributed by atoms with E-state index in [0.717, 1.165) is 35.4 Å². The van der Waals surface area contributed by atoms with Crippen LogP contribution in [-0.4, -0.2) is 39.2 Å². The quantitative estimate of drug-likeness (QED) is 0.376. The number of carboxylic acid groups (broad SMARTS) is 1. The first-order chi connectivity index (χ1) is 17.0. The number of carboxylic acids is 1. The fraction of sp³-hybridized carbons (Fsp3) is 0.357. The fourth-order valence-corrected chi connectivity index (χ4v) is 4.55. The predicted octanol–water partition coefficient (Wildman–Crippen LogP) is 6.83. The van der Waals surface area contributed by atoms with Gasteiger partial charge in [0.2, 0.25) is 5.89 Å². The van der Waals surface area contributed by atoms with Crippen molar-refractivity contribution in [2.75, 3.05) is 6.54 Å². The third kappa shape index (κ3) is 6.05. The molecule has 1 aliphatic rings. The van der Waals surface area contributed by atoms with Crippen molar-refractivity contribution < 1.29 is 27.5 Å². The van der Waals surface area contributed by atoms with Crippen LogP contribution in [0.5, 0.6) is 0 Å². The summed E-state index contributed by atoms with van der Waals surface area (Å²) in [5.41, 5.74) is 0.567. The van der Waals surface area contributed by atoms with Crippen molar-refractivity contribution in [1.82, 2.24) is 9.88 Å². The van der Waals surface area contributed by atoms with Crippen LogP contribution in [0.25, 0.3) is 17.5 Å². The average molecular weight is 501 g/mol. The molecule has 0 aliphatic carbocycles. The maximum atomic E-state index is 15.4. The monoisotopic (exact) mass is 500 g/mol. The highest BCUT2D eigenvalue weighted by Crippen LogP contribution is 2.42. The van der Waals surface area contributed by atoms with Gasteiger partial charge in [-0.2, -0.15) is 0 Å². The van der Waals surface area contributed by atoms with Crippen molar-refractivity contribution in [1.29, 1.82) is 0 Å². The van der Waals surface area contributed by atoms with Gasteiger partial charge in [-0.1, -0.05) is 19.9 Å². The van der Waals surface area contributed by atoms with E-state index in [-0.39, 0.29) is 23.7 Å². The largest absolute Gasteiger partial charge is 0.478 e. The molecule has 0 saturated heterocycles. The lowest BCUT2D eigenvalue weighted by Crippen LogP contribution is -2.48. The Labute approximate surface area is 209 Å². The minimum absolute atomic E-state index is 0.0285. The highest BCUT2D eigenvalue weighted by Gasteiger charge is 2.39. The van der Waals surface area contributed by atoms with Crippen LogP contribution >= 0.6 is 0 Å². The smallest absolute Gasteiger partial charge is 0.328 e. The van der Waals surface area contributed by atoms with E-state index in [1.807, 2.05) is 26.8 Å². The van der Waals surface area contributed by atoms with Gasteiger partial charge in [0.05, 0.1) is 12.2 Å². The number of benzene rings is 2. The predicted molar refractivity (Wildman–Crippen MR) is 133 cm³/mol. The molecule has 1 aliphatic heterocycles. The summed E-state index contributed by atoms with van der Waals surface area (Å²) in [4.78, 5) is 16.7. The molecular formula is C28H31F3N2O3. The summed E-state index contributed by atoms with van der Waals surface area (Å²) in [6.07, 6.45) is 5.50. The molecule has 2 heterocycles. The molecule has 0 spiro atoms. The van der Waals surface area contributed by atoms with Crippen LogP contribution in [-0.2, 0) is 11.2 Å². The minimum Gasteiger partial charge on any atom is -0.478 e. The Morgan fingerprint density at radius 2 is 1.89 bits per heavy atom. The van der Waals surface area contributed by atoms with E-state index < -0.39 is 29.3 Å². The van der Waals surface area contributed by atoms with Gasteiger partial charge in [0.15, 0.2) is 0 Å². The van der Waals surface area contributed by atoms with Crippen molar-refractivity contribution in [2.45, 2.75) is 58.8 Å². The van der Waals surface area contributed by atoms with E-state index in [0.29, 0.717) is 17.9 Å². The summed E-state index contributed by atoms with van der Waals surface area (Å²) in [5.74, 6) is -2.44. The number of rotatable bonds is 6. The zero-order valence-corrected chi connectivity index (χ0v) is 21.1. The highest BCUT2D eigenvalue weighted by molar-refractivity contribution is 5.85. The molecule has 4 rings (SSSR count). The SMILES string of the molecule is CC.CC1Cc2cc(-c3ncco3)ccc2C(c2c(F)cc(/C=C/C(=O)O)cc2F)N1CC(C)(C)F. The minimum atomic E-state index is -1.60. The third-order valence-corrected chi connectivity index (χ3v) is 5.88. The standard InChI is InChI=1S/C26H25F3N2O3.C2H6/c1-15-10-18-13-17(25-30-8-9-34-25)5-6-19(18)24(31(15)14-26(2,3)29)23-20(27)11-16(12-21(23)28)4-7-22(32)33;1-2/h4-9,11-13,15,24H,10,14H2,1-3H3,(H,32,33);1-2H3/b7-4+;. The second kappa shape index (κ2) is 11.1. The lowest BCUT2D eigenvalue weighted by Gasteiger charge is -2.44. The summed E-state index contributed by atoms with van der Waals surface area (Å²) in [6.45, 7) is 8.74. The molecule has 2 unspecified atom stereocenters. The lowest BCUT2D eigenvalue weighted by atomic mass is 9.83. The second-order valence-electron chi connectivity index (χ2n) is 9.17. The molecule has 0 fully saturated rings. The normalized spacial score (nSPS) is 18.0. The van der Waals surface area contributed by atoms with E-state index in [4.69, 9.17) is 9.52 Å². The Kier molecular flexibility index (Phi) is 8.40. The van der Waals surface area contributed by atoms with Crippen LogP contribution in [0, 0.1) is 11.6 Å². The van der Waals surface area contributed by atoms with Gasteiger partial charge in [-0.3, -0.25) is 4.90 Å². The van der Waals surface area contributed by atoms with Gasteiger partial charge >= 0.3 is 5.97 Å². The van der Waals surface area contributed by atoms with Gasteiger partial charge in [-0.25, -0.2) is 22.9 Å². The summed E-state index contributed by atoms with van der Waals surface area (Å²) in [7, 11) is 0. The second-order valence-corrected chi connectivity index (χ2v) is 9.17. The van der Waals surface area contributed by atoms with E-state index in [9.17, 15) is 9.18 Å². The van der Waals surface area contributed by atoms with E-state index in [1.165, 1.54) is 26.3 Å². The molecule has 36 heavy (non-hydrogen) atoms. The van der Waals surface area contributed by atoms with E-state index >= 15 is 8.78 Å². The van der Waals surface area contributed by atoms with Crippen LogP contribution in [0.2, 0.25) is 0 Å². The molecule has 1 aromatic heterocycles. The van der Waals surface area contributed by atoms with Crippen molar-refractivity contribution >= 4 is 12.0 Å². The van der Waals surface area contributed by atoms with Crippen molar-refractivity contribution in [3.63, 3.8) is 0 Å². The fourth-order valence-electron chi connectivity index (χ4n) is 4.55. The first kappa shape index (κ1) is 27.2. The number of aromatic nitrogens is 1. The summed E-state index contributed by atoms with van der Waals surface area (Å²) in [5, 5.41) is 8.82. The van der Waals surface area contributed by atoms with E-state index in [1.54, 1.807) is 17.0 Å². The molecule has 0 radical (unpaired) electrons. The van der Waals surface area contributed by atoms with Crippen molar-refractivity contribution in [3.8, 4) is 11.5 Å². The maximum absolute atomic E-state index is 15.4. The Hall–Kier alpha value is -3.39. The van der Waals surface area contributed by atoms with Crippen LogP contribution in [0.3, 0.4) is 0 Å². The van der Waals surface area contributed by atoms with Gasteiger partial charge < -0.3 is 9.52 Å². The zero-order chi connectivity index (χ0) is 26.6. The van der Waals surface area contributed by atoms with Gasteiger partial charge in [0.25, 0.3) is 0 Å². The van der Waals surface area contributed by atoms with Gasteiger partial charge in [0, 0.05) is 29.8 Å². The number of aliphatic carboxylic acids is 1. The first-order valence-electron chi connectivity index (χ1n) is 11.9. The van der Waals surface area contributed by atoms with Gasteiger partial charge in [-0.15, -0.1) is 0 Å². The highest BCUT2D eigenvalue weighted by atomic mass is 19.1. The Balaban J connectivity index is 0.00000176. The molecule has 3 aromatic rings. The average Bonchev–Trinajstić information content (AvgIpc) is 3.34. The lowest BCUT2D eigenvalue weighted by molar-refractivity contribution is -0.131. The number of hydrogen-bond acceptors (Lipinski definition) is 4. The van der Waals surface area contributed by atoms with Crippen LogP contribution in [0.1, 0.15) is 62.9 Å². The molecule has 0 amide bonds. The van der Waals surface area contributed by atoms with Crippen LogP contribution < -0.4 is 0 Å². The molecule has 5 nitrogen and oxygen atoms in total. The molecule has 1 N–H and O–H groups in total. The number of fused-ring (bicyclic) bond motifs is 1. The summed E-state index contributed by atoms with van der Waals surface area (Å²) in [6, 6.07) is 6.55. The topological polar surface area (TPSA) is 66.6 Å². The van der Waals surface area contributed by atoms with Gasteiger partial charge in [-0.05, 0) is 74.2 Å². The van der Waals surface area contributed by atoms with Crippen LogP contribution in [0.15, 0.2) is 53.3 Å². The Morgan fingerprint density at radius 3 is 2.44 bits per heavy atom. The Bertz CT molecular complexity index is 1210. The van der Waals surface area contributed by atoms with Crippen molar-refractivity contribution in [3.05, 3.63) is 82.8 Å². The number of halogens is 3. The molecule has 0 bridgehead atoms. The zero-order valence-electron chi connectivity index (χ0n) is 21.1. The molecule has 0 saturated carbocycles. The molecule has 8 heteroatoms. The first-order valence-corrected chi connectivity index (χ1v) is 11.9. The third-order valence-electron chi connectivity index (χ3n) is 5.88. The Morgan fingerprint density at radius 1 is 1.22 bits per heavy atom. The number of carbonyl (C=O) groups is 1. The number of nitrogens with zero attached hydrogens (tertiary/aromatic N) is 2. The molecular weight excluding hydrogens is 469 g/mol. The molecule has 192 valence electrons. The number of hydrogen-bond donors (Lipinski definition) is 1. The van der Waals surface area contributed by atoms with Crippen LogP contribution in [0.4, 0.5) is 13.2 Å². The summed E-state index contributed by atoms with van der Waals surface area (Å²) >= 11 is 0. The molecule has 2 atom stereocenters. The van der Waals surface area contributed by atoms with Crippen molar-refractivity contribution in [2.24, 2.45) is 0 Å². The summed E-state index contributed by atoms with van der Waals surface area (Å²) < 4.78 is 50.9. The van der Waals surface area contributed by atoms with E-state index in [2.05, 4.69) is 4.98 Å². The molecule has 2 aromatic carbocycles. The number of alkyl halides is 1. The van der Waals surface area contributed by atoms with Gasteiger partial charge in [0.1, 0.15) is 23.6 Å².